The maximum atomic E-state index is 13.4. The number of aryl methyl sites for hydroxylation is 1. The van der Waals surface area contributed by atoms with Gasteiger partial charge in [0.1, 0.15) is 11.6 Å². The van der Waals surface area contributed by atoms with Crippen LogP contribution in [-0.4, -0.2) is 0 Å². The monoisotopic (exact) mass is 310 g/mol. The van der Waals surface area contributed by atoms with Gasteiger partial charge >= 0.3 is 0 Å². The molecule has 2 aromatic rings. The molecule has 0 heterocycles. The smallest absolute Gasteiger partial charge is 0.129 e. The highest BCUT2D eigenvalue weighted by atomic mass is 79.9. The van der Waals surface area contributed by atoms with E-state index in [0.29, 0.717) is 12.0 Å². The molecular weight excluding hydrogens is 298 g/mol. The van der Waals surface area contributed by atoms with Crippen LogP contribution in [0, 0.1) is 11.6 Å². The summed E-state index contributed by atoms with van der Waals surface area (Å²) < 4.78 is 26.2. The van der Waals surface area contributed by atoms with Gasteiger partial charge in [-0.25, -0.2) is 8.78 Å². The van der Waals surface area contributed by atoms with Crippen LogP contribution >= 0.6 is 15.9 Å². The third-order valence-electron chi connectivity index (χ3n) is 2.84. The first-order chi connectivity index (χ1) is 8.66. The first-order valence-electron chi connectivity index (χ1n) is 5.80. The SMILES string of the molecule is Fc1ccc(CCC(Br)c2ccccc2)c(F)c1. The Balaban J connectivity index is 1.99. The molecule has 0 spiro atoms. The third kappa shape index (κ3) is 3.39. The minimum Gasteiger partial charge on any atom is -0.207 e. The first kappa shape index (κ1) is 13.2. The number of rotatable bonds is 4. The minimum atomic E-state index is -0.533. The van der Waals surface area contributed by atoms with Gasteiger partial charge in [-0.1, -0.05) is 52.3 Å². The van der Waals surface area contributed by atoms with Crippen LogP contribution in [0.5, 0.6) is 0 Å². The van der Waals surface area contributed by atoms with E-state index in [1.165, 1.54) is 17.7 Å². The molecule has 0 N–H and O–H groups in total. The molecule has 0 radical (unpaired) electrons. The van der Waals surface area contributed by atoms with Crippen LogP contribution in [0.15, 0.2) is 48.5 Å². The Morgan fingerprint density at radius 3 is 2.39 bits per heavy atom. The topological polar surface area (TPSA) is 0 Å². The average Bonchev–Trinajstić information content (AvgIpc) is 2.38. The van der Waals surface area contributed by atoms with E-state index in [0.717, 1.165) is 12.5 Å². The van der Waals surface area contributed by atoms with Gasteiger partial charge < -0.3 is 0 Å². The van der Waals surface area contributed by atoms with Gasteiger partial charge in [-0.3, -0.25) is 0 Å². The molecule has 1 unspecified atom stereocenters. The predicted molar refractivity (Wildman–Crippen MR) is 72.8 cm³/mol. The third-order valence-corrected chi connectivity index (χ3v) is 3.83. The number of hydrogen-bond donors (Lipinski definition) is 0. The molecule has 0 aliphatic heterocycles. The molecule has 0 fully saturated rings. The molecule has 0 nitrogen and oxygen atoms in total. The van der Waals surface area contributed by atoms with Gasteiger partial charge in [0.2, 0.25) is 0 Å². The molecule has 0 aliphatic carbocycles. The average molecular weight is 311 g/mol. The van der Waals surface area contributed by atoms with E-state index in [1.807, 2.05) is 30.3 Å². The highest BCUT2D eigenvalue weighted by Crippen LogP contribution is 2.28. The Morgan fingerprint density at radius 1 is 1.00 bits per heavy atom. The summed E-state index contributed by atoms with van der Waals surface area (Å²) in [5, 5.41) is 0. The van der Waals surface area contributed by atoms with Crippen LogP contribution < -0.4 is 0 Å². The lowest BCUT2D eigenvalue weighted by Gasteiger charge is -2.10. The largest absolute Gasteiger partial charge is 0.207 e. The van der Waals surface area contributed by atoms with Gasteiger partial charge in [0.25, 0.3) is 0 Å². The summed E-state index contributed by atoms with van der Waals surface area (Å²) in [5.74, 6) is -1.00. The van der Waals surface area contributed by atoms with Gasteiger partial charge in [-0.05, 0) is 30.0 Å². The fraction of sp³-hybridized carbons (Fsp3) is 0.200. The molecule has 0 bridgehead atoms. The Labute approximate surface area is 114 Å². The summed E-state index contributed by atoms with van der Waals surface area (Å²) in [7, 11) is 0. The number of benzene rings is 2. The lowest BCUT2D eigenvalue weighted by Crippen LogP contribution is -1.96. The van der Waals surface area contributed by atoms with Gasteiger partial charge in [-0.15, -0.1) is 0 Å². The zero-order chi connectivity index (χ0) is 13.0. The second kappa shape index (κ2) is 6.10. The fourth-order valence-electron chi connectivity index (χ4n) is 1.84. The molecule has 0 saturated heterocycles. The quantitative estimate of drug-likeness (QED) is 0.694. The van der Waals surface area contributed by atoms with Crippen LogP contribution in [0.3, 0.4) is 0 Å². The maximum Gasteiger partial charge on any atom is 0.129 e. The zero-order valence-electron chi connectivity index (χ0n) is 9.74. The van der Waals surface area contributed by atoms with E-state index in [2.05, 4.69) is 15.9 Å². The second-order valence-corrected chi connectivity index (χ2v) is 5.26. The molecule has 2 rings (SSSR count). The van der Waals surface area contributed by atoms with E-state index < -0.39 is 11.6 Å². The standard InChI is InChI=1S/C15H13BrF2/c16-14(11-4-2-1-3-5-11)9-7-12-6-8-13(17)10-15(12)18/h1-6,8,10,14H,7,9H2. The van der Waals surface area contributed by atoms with Crippen LogP contribution in [0.2, 0.25) is 0 Å². The van der Waals surface area contributed by atoms with E-state index in [1.54, 1.807) is 0 Å². The summed E-state index contributed by atoms with van der Waals surface area (Å²) in [5.41, 5.74) is 1.72. The predicted octanol–water partition coefficient (Wildman–Crippen LogP) is 5.03. The number of alkyl halides is 1. The Morgan fingerprint density at radius 2 is 1.72 bits per heavy atom. The summed E-state index contributed by atoms with van der Waals surface area (Å²) in [6, 6.07) is 13.7. The lowest BCUT2D eigenvalue weighted by atomic mass is 10.0. The van der Waals surface area contributed by atoms with Crippen molar-refractivity contribution in [2.45, 2.75) is 17.7 Å². The highest BCUT2D eigenvalue weighted by Gasteiger charge is 2.09. The minimum absolute atomic E-state index is 0.183. The van der Waals surface area contributed by atoms with E-state index in [4.69, 9.17) is 0 Å². The normalized spacial score (nSPS) is 12.4. The number of halogens is 3. The molecule has 0 aliphatic rings. The van der Waals surface area contributed by atoms with Gasteiger partial charge in [0.15, 0.2) is 0 Å². The summed E-state index contributed by atoms with van der Waals surface area (Å²) in [6.07, 6.45) is 1.35. The Hall–Kier alpha value is -1.22. The van der Waals surface area contributed by atoms with Gasteiger partial charge in [0, 0.05) is 10.9 Å². The molecule has 1 atom stereocenters. The van der Waals surface area contributed by atoms with Gasteiger partial charge in [-0.2, -0.15) is 0 Å². The molecule has 18 heavy (non-hydrogen) atoms. The Bertz CT molecular complexity index is 511. The van der Waals surface area contributed by atoms with Crippen molar-refractivity contribution in [3.05, 3.63) is 71.3 Å². The van der Waals surface area contributed by atoms with Crippen LogP contribution in [0.4, 0.5) is 8.78 Å². The van der Waals surface area contributed by atoms with Crippen molar-refractivity contribution < 1.29 is 8.78 Å². The summed E-state index contributed by atoms with van der Waals surface area (Å²) in [6.45, 7) is 0. The highest BCUT2D eigenvalue weighted by molar-refractivity contribution is 9.09. The zero-order valence-corrected chi connectivity index (χ0v) is 11.3. The fourth-order valence-corrected chi connectivity index (χ4v) is 2.37. The first-order valence-corrected chi connectivity index (χ1v) is 6.71. The summed E-state index contributed by atoms with van der Waals surface area (Å²) >= 11 is 3.59. The van der Waals surface area contributed by atoms with Crippen molar-refractivity contribution >= 4 is 15.9 Å². The summed E-state index contributed by atoms with van der Waals surface area (Å²) in [4.78, 5) is 0.183. The van der Waals surface area contributed by atoms with Crippen molar-refractivity contribution in [1.29, 1.82) is 0 Å². The molecule has 0 aromatic heterocycles. The van der Waals surface area contributed by atoms with Crippen molar-refractivity contribution in [1.82, 2.24) is 0 Å². The van der Waals surface area contributed by atoms with Crippen molar-refractivity contribution in [2.75, 3.05) is 0 Å². The van der Waals surface area contributed by atoms with E-state index in [-0.39, 0.29) is 4.83 Å². The van der Waals surface area contributed by atoms with Crippen LogP contribution in [0.1, 0.15) is 22.4 Å². The molecule has 2 aromatic carbocycles. The van der Waals surface area contributed by atoms with Crippen LogP contribution in [-0.2, 0) is 6.42 Å². The van der Waals surface area contributed by atoms with Crippen molar-refractivity contribution in [2.24, 2.45) is 0 Å². The maximum absolute atomic E-state index is 13.4. The lowest BCUT2D eigenvalue weighted by molar-refractivity contribution is 0.569. The molecule has 0 saturated carbocycles. The van der Waals surface area contributed by atoms with Crippen LogP contribution in [0.25, 0.3) is 0 Å². The molecular formula is C15H13BrF2. The second-order valence-electron chi connectivity index (χ2n) is 4.15. The van der Waals surface area contributed by atoms with Gasteiger partial charge in [0.05, 0.1) is 0 Å². The molecule has 94 valence electrons. The number of hydrogen-bond acceptors (Lipinski definition) is 0. The Kier molecular flexibility index (Phi) is 4.48. The van der Waals surface area contributed by atoms with Crippen molar-refractivity contribution in [3.63, 3.8) is 0 Å². The van der Waals surface area contributed by atoms with Crippen molar-refractivity contribution in [3.8, 4) is 0 Å². The molecule has 0 amide bonds. The van der Waals surface area contributed by atoms with E-state index in [9.17, 15) is 8.78 Å². The molecule has 3 heteroatoms. The van der Waals surface area contributed by atoms with E-state index >= 15 is 0 Å².